The van der Waals surface area contributed by atoms with Gasteiger partial charge in [0.2, 0.25) is 5.91 Å². The minimum Gasteiger partial charge on any atom is -0.467 e. The third kappa shape index (κ3) is 1.74. The first-order valence-corrected chi connectivity index (χ1v) is 7.82. The quantitative estimate of drug-likeness (QED) is 0.898. The van der Waals surface area contributed by atoms with Gasteiger partial charge in [-0.15, -0.1) is 0 Å². The van der Waals surface area contributed by atoms with E-state index in [4.69, 9.17) is 4.42 Å². The van der Waals surface area contributed by atoms with E-state index in [0.29, 0.717) is 6.04 Å². The summed E-state index contributed by atoms with van der Waals surface area (Å²) < 4.78 is 5.57. The summed E-state index contributed by atoms with van der Waals surface area (Å²) in [4.78, 5) is 15.1. The molecule has 2 saturated carbocycles. The van der Waals surface area contributed by atoms with Crippen molar-refractivity contribution in [2.75, 3.05) is 13.6 Å². The Kier molecular flexibility index (Phi) is 2.88. The molecule has 1 aliphatic heterocycles. The van der Waals surface area contributed by atoms with Gasteiger partial charge in [0.15, 0.2) is 0 Å². The summed E-state index contributed by atoms with van der Waals surface area (Å²) in [6.07, 6.45) is 7.86. The lowest BCUT2D eigenvalue weighted by Gasteiger charge is -2.35. The number of carbonyl (C=O) groups excluding carboxylic acids is 1. The van der Waals surface area contributed by atoms with Gasteiger partial charge in [0.1, 0.15) is 11.8 Å². The van der Waals surface area contributed by atoms with Crippen LogP contribution in [0, 0.1) is 11.8 Å². The molecule has 1 aromatic rings. The summed E-state index contributed by atoms with van der Waals surface area (Å²) in [5, 5.41) is 3.15. The minimum absolute atomic E-state index is 0.207. The Morgan fingerprint density at radius 3 is 2.95 bits per heavy atom. The van der Waals surface area contributed by atoms with Crippen molar-refractivity contribution in [2.24, 2.45) is 11.8 Å². The lowest BCUT2D eigenvalue weighted by molar-refractivity contribution is -0.137. The van der Waals surface area contributed by atoms with Crippen LogP contribution in [0.25, 0.3) is 0 Å². The smallest absolute Gasteiger partial charge is 0.247 e. The number of hydrogen-bond acceptors (Lipinski definition) is 3. The molecule has 4 unspecified atom stereocenters. The third-order valence-corrected chi connectivity index (χ3v) is 5.58. The van der Waals surface area contributed by atoms with Crippen molar-refractivity contribution in [2.45, 2.75) is 44.2 Å². The molecule has 4 heteroatoms. The van der Waals surface area contributed by atoms with Crippen molar-refractivity contribution in [3.63, 3.8) is 0 Å². The third-order valence-electron chi connectivity index (χ3n) is 5.58. The molecule has 3 aliphatic rings. The maximum atomic E-state index is 12.9. The number of nitrogens with zero attached hydrogens (tertiary/aromatic N) is 1. The van der Waals surface area contributed by atoms with E-state index in [1.807, 2.05) is 13.1 Å². The van der Waals surface area contributed by atoms with Crippen LogP contribution >= 0.6 is 0 Å². The summed E-state index contributed by atoms with van der Waals surface area (Å²) in [6.45, 7) is 0.845. The van der Waals surface area contributed by atoms with Gasteiger partial charge < -0.3 is 14.6 Å². The zero-order valence-electron chi connectivity index (χ0n) is 12.0. The summed E-state index contributed by atoms with van der Waals surface area (Å²) in [7, 11) is 1.85. The highest BCUT2D eigenvalue weighted by Gasteiger charge is 2.45. The van der Waals surface area contributed by atoms with Gasteiger partial charge in [-0.3, -0.25) is 4.79 Å². The molecule has 2 bridgehead atoms. The molecule has 4 nitrogen and oxygen atoms in total. The molecule has 0 spiro atoms. The SMILES string of the molecule is CNC1C(=O)N(C2CC3CCC2C3)CCc2ccoc21. The number of likely N-dealkylation sites (N-methyl/N-ethyl adjacent to an activating group) is 1. The van der Waals surface area contributed by atoms with Gasteiger partial charge in [-0.2, -0.15) is 0 Å². The van der Waals surface area contributed by atoms with E-state index in [2.05, 4.69) is 10.2 Å². The second-order valence-electron chi connectivity index (χ2n) is 6.56. The van der Waals surface area contributed by atoms with Gasteiger partial charge in [-0.1, -0.05) is 6.42 Å². The van der Waals surface area contributed by atoms with Gasteiger partial charge in [0.25, 0.3) is 0 Å². The first-order chi connectivity index (χ1) is 9.78. The van der Waals surface area contributed by atoms with Crippen molar-refractivity contribution in [3.8, 4) is 0 Å². The number of hydrogen-bond donors (Lipinski definition) is 1. The van der Waals surface area contributed by atoms with Crippen LogP contribution in [0.1, 0.15) is 43.0 Å². The Hall–Kier alpha value is -1.29. The molecular weight excluding hydrogens is 252 g/mol. The van der Waals surface area contributed by atoms with Crippen molar-refractivity contribution in [1.29, 1.82) is 0 Å². The van der Waals surface area contributed by atoms with Crippen LogP contribution in [-0.4, -0.2) is 30.4 Å². The molecule has 2 fully saturated rings. The average molecular weight is 274 g/mol. The maximum Gasteiger partial charge on any atom is 0.247 e. The molecule has 0 saturated heterocycles. The predicted molar refractivity (Wildman–Crippen MR) is 75.2 cm³/mol. The van der Waals surface area contributed by atoms with Gasteiger partial charge in [-0.05, 0) is 56.2 Å². The standard InChI is InChI=1S/C16H22N2O2/c1-17-14-15-11(5-7-20-15)4-6-18(16(14)19)13-9-10-2-3-12(13)8-10/h5,7,10,12-14,17H,2-4,6,8-9H2,1H3. The van der Waals surface area contributed by atoms with Crippen molar-refractivity contribution in [1.82, 2.24) is 10.2 Å². The first-order valence-electron chi connectivity index (χ1n) is 7.82. The number of amides is 1. The van der Waals surface area contributed by atoms with Crippen LogP contribution < -0.4 is 5.32 Å². The van der Waals surface area contributed by atoms with E-state index < -0.39 is 0 Å². The molecule has 1 amide bonds. The molecule has 4 rings (SSSR count). The molecule has 20 heavy (non-hydrogen) atoms. The number of rotatable bonds is 2. The predicted octanol–water partition coefficient (Wildman–Crippen LogP) is 2.11. The van der Waals surface area contributed by atoms with Gasteiger partial charge in [-0.25, -0.2) is 0 Å². The number of fused-ring (bicyclic) bond motifs is 3. The highest BCUT2D eigenvalue weighted by atomic mass is 16.3. The van der Waals surface area contributed by atoms with Crippen LogP contribution in [0.4, 0.5) is 0 Å². The zero-order valence-corrected chi connectivity index (χ0v) is 12.0. The second-order valence-corrected chi connectivity index (χ2v) is 6.56. The van der Waals surface area contributed by atoms with Crippen molar-refractivity contribution >= 4 is 5.91 Å². The Labute approximate surface area is 119 Å². The zero-order chi connectivity index (χ0) is 13.7. The topological polar surface area (TPSA) is 45.5 Å². The second kappa shape index (κ2) is 4.62. The number of carbonyl (C=O) groups is 1. The summed E-state index contributed by atoms with van der Waals surface area (Å²) >= 11 is 0. The van der Waals surface area contributed by atoms with E-state index in [-0.39, 0.29) is 11.9 Å². The highest BCUT2D eigenvalue weighted by molar-refractivity contribution is 5.84. The average Bonchev–Trinajstić information content (AvgIpc) is 3.15. The monoisotopic (exact) mass is 274 g/mol. The molecule has 1 N–H and O–H groups in total. The van der Waals surface area contributed by atoms with Gasteiger partial charge in [0, 0.05) is 12.6 Å². The molecule has 108 valence electrons. The summed E-state index contributed by atoms with van der Waals surface area (Å²) in [5.41, 5.74) is 1.18. The Balaban J connectivity index is 1.63. The summed E-state index contributed by atoms with van der Waals surface area (Å²) in [5.74, 6) is 2.64. The Morgan fingerprint density at radius 1 is 1.35 bits per heavy atom. The normalized spacial score (nSPS) is 36.2. The first kappa shape index (κ1) is 12.5. The highest BCUT2D eigenvalue weighted by Crippen LogP contribution is 2.47. The molecular formula is C16H22N2O2. The lowest BCUT2D eigenvalue weighted by Crippen LogP contribution is -2.47. The van der Waals surface area contributed by atoms with Crippen LogP contribution in [0.2, 0.25) is 0 Å². The number of nitrogens with one attached hydrogen (secondary N) is 1. The Morgan fingerprint density at radius 2 is 2.25 bits per heavy atom. The molecule has 4 atom stereocenters. The Bertz CT molecular complexity index is 524. The van der Waals surface area contributed by atoms with E-state index in [1.165, 1.54) is 31.2 Å². The number of furan rings is 1. The summed E-state index contributed by atoms with van der Waals surface area (Å²) in [6, 6.07) is 2.18. The minimum atomic E-state index is -0.304. The van der Waals surface area contributed by atoms with Gasteiger partial charge in [0.05, 0.1) is 6.26 Å². The molecule has 0 aromatic carbocycles. The fourth-order valence-electron chi connectivity index (χ4n) is 4.61. The van der Waals surface area contributed by atoms with E-state index in [1.54, 1.807) is 6.26 Å². The maximum absolute atomic E-state index is 12.9. The van der Waals surface area contributed by atoms with Gasteiger partial charge >= 0.3 is 0 Å². The van der Waals surface area contributed by atoms with Crippen LogP contribution in [0.5, 0.6) is 0 Å². The van der Waals surface area contributed by atoms with E-state index in [0.717, 1.165) is 30.6 Å². The fraction of sp³-hybridized carbons (Fsp3) is 0.688. The molecule has 0 radical (unpaired) electrons. The molecule has 2 aliphatic carbocycles. The van der Waals surface area contributed by atoms with E-state index in [9.17, 15) is 4.79 Å². The van der Waals surface area contributed by atoms with Crippen LogP contribution in [0.15, 0.2) is 16.7 Å². The van der Waals surface area contributed by atoms with Crippen LogP contribution in [0.3, 0.4) is 0 Å². The molecule has 1 aromatic heterocycles. The van der Waals surface area contributed by atoms with Crippen LogP contribution in [-0.2, 0) is 11.2 Å². The molecule has 2 heterocycles. The van der Waals surface area contributed by atoms with Crippen molar-refractivity contribution < 1.29 is 9.21 Å². The fourth-order valence-corrected chi connectivity index (χ4v) is 4.61. The lowest BCUT2D eigenvalue weighted by atomic mass is 9.93. The largest absolute Gasteiger partial charge is 0.467 e. The van der Waals surface area contributed by atoms with Crippen molar-refractivity contribution in [3.05, 3.63) is 23.7 Å². The van der Waals surface area contributed by atoms with E-state index >= 15 is 0 Å².